The highest BCUT2D eigenvalue weighted by molar-refractivity contribution is 6.09. The smallest absolute Gasteiger partial charge is 0.225 e. The van der Waals surface area contributed by atoms with E-state index in [1.807, 2.05) is 42.6 Å². The van der Waals surface area contributed by atoms with Crippen molar-refractivity contribution in [3.8, 4) is 16.9 Å². The van der Waals surface area contributed by atoms with Gasteiger partial charge in [0.25, 0.3) is 0 Å². The Hall–Kier alpha value is -6.54. The van der Waals surface area contributed by atoms with Gasteiger partial charge in [0.15, 0.2) is 0 Å². The zero-order valence-corrected chi connectivity index (χ0v) is 24.3. The molecule has 5 aromatic carbocycles. The fourth-order valence-electron chi connectivity index (χ4n) is 7.26. The molecule has 8 heteroatoms. The average Bonchev–Trinajstić information content (AvgIpc) is 3.87. The van der Waals surface area contributed by atoms with Gasteiger partial charge >= 0.3 is 0 Å². The minimum atomic E-state index is 0.748. The summed E-state index contributed by atoms with van der Waals surface area (Å²) < 4.78 is 8.82. The van der Waals surface area contributed by atoms with Crippen LogP contribution in [0.5, 0.6) is 0 Å². The quantitative estimate of drug-likeness (QED) is 0.203. The van der Waals surface area contributed by atoms with Crippen molar-refractivity contribution in [3.63, 3.8) is 0 Å². The van der Waals surface area contributed by atoms with Crippen molar-refractivity contribution in [1.29, 1.82) is 0 Å². The summed E-state index contributed by atoms with van der Waals surface area (Å²) in [6.45, 7) is 0. The van der Waals surface area contributed by atoms with E-state index >= 15 is 0 Å². The van der Waals surface area contributed by atoms with E-state index in [-0.39, 0.29) is 0 Å². The molecule has 11 rings (SSSR count). The summed E-state index contributed by atoms with van der Waals surface area (Å²) in [5, 5.41) is 2.46. The van der Waals surface area contributed by atoms with Crippen molar-refractivity contribution in [1.82, 2.24) is 37.7 Å². The fourth-order valence-corrected chi connectivity index (χ4v) is 7.26. The van der Waals surface area contributed by atoms with E-state index < -0.39 is 0 Å². The molecule has 0 saturated carbocycles. The van der Waals surface area contributed by atoms with Crippen LogP contribution in [0, 0.1) is 0 Å². The fraction of sp³-hybridized carbons (Fsp3) is 0. The molecule has 0 fully saturated rings. The van der Waals surface area contributed by atoms with Crippen molar-refractivity contribution < 1.29 is 0 Å². The minimum absolute atomic E-state index is 0.748. The summed E-state index contributed by atoms with van der Waals surface area (Å²) >= 11 is 0. The highest BCUT2D eigenvalue weighted by Crippen LogP contribution is 2.35. The van der Waals surface area contributed by atoms with Crippen LogP contribution < -0.4 is 0 Å². The first-order valence-electron chi connectivity index (χ1n) is 15.3. The van der Waals surface area contributed by atoms with Crippen LogP contribution in [-0.2, 0) is 0 Å². The molecule has 0 unspecified atom stereocenters. The molecular formula is C38H22N8. The van der Waals surface area contributed by atoms with Crippen molar-refractivity contribution in [2.24, 2.45) is 0 Å². The zero-order chi connectivity index (χ0) is 29.9. The monoisotopic (exact) mass is 590 g/mol. The van der Waals surface area contributed by atoms with Crippen LogP contribution in [0.25, 0.3) is 89.2 Å². The third-order valence-electron chi connectivity index (χ3n) is 9.21. The maximum absolute atomic E-state index is 5.34. The lowest BCUT2D eigenvalue weighted by Gasteiger charge is -2.09. The summed E-state index contributed by atoms with van der Waals surface area (Å²) in [5.41, 5.74) is 10.8. The van der Waals surface area contributed by atoms with Crippen LogP contribution in [0.15, 0.2) is 134 Å². The van der Waals surface area contributed by atoms with Gasteiger partial charge in [-0.15, -0.1) is 0 Å². The van der Waals surface area contributed by atoms with Crippen LogP contribution in [0.2, 0.25) is 0 Å². The maximum Gasteiger partial charge on any atom is 0.225 e. The van der Waals surface area contributed by atoms with E-state index in [9.17, 15) is 0 Å². The van der Waals surface area contributed by atoms with Crippen molar-refractivity contribution in [2.75, 3.05) is 0 Å². The summed E-state index contributed by atoms with van der Waals surface area (Å²) in [5.74, 6) is 2.28. The summed E-state index contributed by atoms with van der Waals surface area (Å²) in [7, 11) is 0. The van der Waals surface area contributed by atoms with Crippen LogP contribution >= 0.6 is 0 Å². The van der Waals surface area contributed by atoms with E-state index in [2.05, 4.69) is 114 Å². The second-order valence-electron chi connectivity index (χ2n) is 11.7. The Kier molecular flexibility index (Phi) is 4.43. The second kappa shape index (κ2) is 8.55. The van der Waals surface area contributed by atoms with E-state index in [1.54, 1.807) is 0 Å². The third-order valence-corrected chi connectivity index (χ3v) is 9.21. The molecule has 6 aromatic heterocycles. The first kappa shape index (κ1) is 23.9. The number of imidazole rings is 3. The topological polar surface area (TPSA) is 69.7 Å². The number of benzene rings is 5. The summed E-state index contributed by atoms with van der Waals surface area (Å²) in [6, 6.07) is 44.1. The molecule has 11 aromatic rings. The molecular weight excluding hydrogens is 568 g/mol. The average molecular weight is 591 g/mol. The van der Waals surface area contributed by atoms with Crippen LogP contribution in [0.1, 0.15) is 0 Å². The number of aromatic nitrogens is 8. The number of pyridine rings is 1. The van der Waals surface area contributed by atoms with E-state index in [4.69, 9.17) is 15.0 Å². The number of fused-ring (bicyclic) bond motifs is 15. The molecule has 8 nitrogen and oxygen atoms in total. The summed E-state index contributed by atoms with van der Waals surface area (Å²) in [6.07, 6.45) is 1.82. The van der Waals surface area contributed by atoms with E-state index in [0.717, 1.165) is 78.4 Å². The van der Waals surface area contributed by atoms with Crippen LogP contribution in [0.3, 0.4) is 0 Å². The van der Waals surface area contributed by atoms with Crippen LogP contribution in [0.4, 0.5) is 0 Å². The van der Waals surface area contributed by atoms with Gasteiger partial charge in [0.2, 0.25) is 17.3 Å². The Labute approximate surface area is 260 Å². The van der Waals surface area contributed by atoms with Gasteiger partial charge in [-0.05, 0) is 60.7 Å². The van der Waals surface area contributed by atoms with Gasteiger partial charge in [0, 0.05) is 28.2 Å². The molecule has 0 saturated heterocycles. The maximum atomic E-state index is 5.34. The molecule has 0 spiro atoms. The predicted octanol–water partition coefficient (Wildman–Crippen LogP) is 8.25. The van der Waals surface area contributed by atoms with Crippen LogP contribution in [-0.4, -0.2) is 37.7 Å². The minimum Gasteiger partial charge on any atom is -0.309 e. The molecule has 0 aliphatic carbocycles. The van der Waals surface area contributed by atoms with Crippen molar-refractivity contribution in [3.05, 3.63) is 134 Å². The number of nitrogens with zero attached hydrogens (tertiary/aromatic N) is 8. The lowest BCUT2D eigenvalue weighted by molar-refractivity contribution is 1.01. The van der Waals surface area contributed by atoms with Gasteiger partial charge in [-0.2, -0.15) is 0 Å². The highest BCUT2D eigenvalue weighted by atomic mass is 15.3. The summed E-state index contributed by atoms with van der Waals surface area (Å²) in [4.78, 5) is 20.4. The number of hydrogen-bond acceptors (Lipinski definition) is 4. The Morgan fingerprint density at radius 1 is 0.435 bits per heavy atom. The molecule has 0 atom stereocenters. The second-order valence-corrected chi connectivity index (χ2v) is 11.7. The lowest BCUT2D eigenvalue weighted by atomic mass is 10.1. The number of hydrogen-bond donors (Lipinski definition) is 0. The Morgan fingerprint density at radius 3 is 1.80 bits per heavy atom. The first-order valence-corrected chi connectivity index (χ1v) is 15.3. The van der Waals surface area contributed by atoms with Gasteiger partial charge < -0.3 is 4.57 Å². The first-order chi connectivity index (χ1) is 22.8. The lowest BCUT2D eigenvalue weighted by Crippen LogP contribution is -2.04. The zero-order valence-electron chi connectivity index (χ0n) is 24.3. The Bertz CT molecular complexity index is 2980. The molecule has 0 amide bonds. The largest absolute Gasteiger partial charge is 0.309 e. The van der Waals surface area contributed by atoms with Gasteiger partial charge in [-0.3, -0.25) is 4.98 Å². The molecule has 0 aliphatic heterocycles. The highest BCUT2D eigenvalue weighted by Gasteiger charge is 2.23. The number of rotatable bonds is 2. The normalized spacial score (nSPS) is 12.3. The number of para-hydroxylation sites is 5. The molecule has 214 valence electrons. The predicted molar refractivity (Wildman–Crippen MR) is 183 cm³/mol. The Morgan fingerprint density at radius 2 is 1.04 bits per heavy atom. The Balaban J connectivity index is 1.33. The molecule has 46 heavy (non-hydrogen) atoms. The van der Waals surface area contributed by atoms with Gasteiger partial charge in [-0.1, -0.05) is 66.7 Å². The van der Waals surface area contributed by atoms with Gasteiger partial charge in [0.05, 0.1) is 44.3 Å². The molecule has 0 aliphatic rings. The van der Waals surface area contributed by atoms with E-state index in [1.165, 1.54) is 10.8 Å². The van der Waals surface area contributed by atoms with Crippen molar-refractivity contribution in [2.45, 2.75) is 0 Å². The van der Waals surface area contributed by atoms with E-state index in [0.29, 0.717) is 0 Å². The molecule has 0 radical (unpaired) electrons. The van der Waals surface area contributed by atoms with Gasteiger partial charge in [-0.25, -0.2) is 28.2 Å². The molecule has 0 bridgehead atoms. The molecule has 0 N–H and O–H groups in total. The molecule has 6 heterocycles. The SMILES string of the molecule is c1ccc(-c2cccc3c2nc2n4c5cc(-n6c7ccccc7c7ccccc76)ccc5nc4n4c5ccccc5nc4n32)nc1. The third kappa shape index (κ3) is 2.97. The van der Waals surface area contributed by atoms with Crippen molar-refractivity contribution >= 4 is 72.2 Å². The standard InChI is InChI=1S/C38H22N8/c1-4-15-30-24(10-1)25-11-2-5-16-31(25)43(30)23-19-20-29-34(22-23)46-37(41-29)44-32-17-6-3-14-28(32)40-36(44)45-33-18-9-12-26(35(33)42-38(45)46)27-13-7-8-21-39-27/h1-22H. The van der Waals surface area contributed by atoms with Gasteiger partial charge in [0.1, 0.15) is 5.52 Å².